The lowest BCUT2D eigenvalue weighted by Crippen LogP contribution is -2.31. The highest BCUT2D eigenvalue weighted by atomic mass is 32.2. The van der Waals surface area contributed by atoms with Gasteiger partial charge in [0.25, 0.3) is 10.0 Å². The Labute approximate surface area is 196 Å². The van der Waals surface area contributed by atoms with E-state index in [0.717, 1.165) is 31.4 Å². The number of nitrogens with one attached hydrogen (secondary N) is 1. The maximum absolute atomic E-state index is 12.2. The van der Waals surface area contributed by atoms with Crippen molar-refractivity contribution in [1.29, 1.82) is 0 Å². The number of hydrogen-bond acceptors (Lipinski definition) is 5. The molecule has 2 saturated heterocycles. The van der Waals surface area contributed by atoms with Crippen molar-refractivity contribution in [3.63, 3.8) is 0 Å². The van der Waals surface area contributed by atoms with E-state index in [4.69, 9.17) is 9.47 Å². The summed E-state index contributed by atoms with van der Waals surface area (Å²) in [6.07, 6.45) is 9.48. The van der Waals surface area contributed by atoms with Crippen LogP contribution < -0.4 is 9.46 Å². The van der Waals surface area contributed by atoms with Crippen LogP contribution in [0.15, 0.2) is 77.7 Å². The number of allylic oxidation sites excluding steroid dienone is 2. The highest BCUT2D eigenvalue weighted by Gasteiger charge is 2.48. The molecule has 33 heavy (non-hydrogen) atoms. The smallest absolute Gasteiger partial charge is 0.264 e. The van der Waals surface area contributed by atoms with Gasteiger partial charge in [-0.25, -0.2) is 13.1 Å². The van der Waals surface area contributed by atoms with Crippen molar-refractivity contribution < 1.29 is 22.7 Å². The first kappa shape index (κ1) is 23.5. The number of ether oxygens (including phenoxy) is 2. The SMILES string of the molecule is O=C(CCC/C=C\C[C@@H]1[C@H](COc2ccccc2)[C@@H]2CC[C@H]1O2)NS(=O)(=O)c1ccccc1. The number of fused-ring (bicyclic) bond motifs is 2. The monoisotopic (exact) mass is 469 g/mol. The zero-order chi connectivity index (χ0) is 23.1. The predicted molar refractivity (Wildman–Crippen MR) is 126 cm³/mol. The van der Waals surface area contributed by atoms with Gasteiger partial charge >= 0.3 is 0 Å². The Morgan fingerprint density at radius 2 is 1.64 bits per heavy atom. The minimum atomic E-state index is -3.80. The molecule has 0 aliphatic carbocycles. The lowest BCUT2D eigenvalue weighted by molar-refractivity contribution is -0.119. The van der Waals surface area contributed by atoms with Crippen molar-refractivity contribution in [2.75, 3.05) is 6.61 Å². The Morgan fingerprint density at radius 3 is 2.36 bits per heavy atom. The summed E-state index contributed by atoms with van der Waals surface area (Å²) in [5, 5.41) is 0. The number of para-hydroxylation sites is 1. The molecule has 2 aromatic carbocycles. The van der Waals surface area contributed by atoms with Gasteiger partial charge in [-0.05, 0) is 62.3 Å². The number of carbonyl (C=O) groups is 1. The molecule has 2 aliphatic rings. The molecule has 1 amide bonds. The average molecular weight is 470 g/mol. The van der Waals surface area contributed by atoms with E-state index >= 15 is 0 Å². The third-order valence-corrected chi connectivity index (χ3v) is 7.82. The molecule has 0 unspecified atom stereocenters. The van der Waals surface area contributed by atoms with Gasteiger partial charge in [0.05, 0.1) is 23.7 Å². The Bertz CT molecular complexity index is 1040. The van der Waals surface area contributed by atoms with Gasteiger partial charge in [-0.2, -0.15) is 0 Å². The third-order valence-electron chi connectivity index (χ3n) is 6.43. The van der Waals surface area contributed by atoms with Gasteiger partial charge in [0.1, 0.15) is 5.75 Å². The zero-order valence-electron chi connectivity index (χ0n) is 18.6. The van der Waals surface area contributed by atoms with E-state index in [9.17, 15) is 13.2 Å². The first-order valence-corrected chi connectivity index (χ1v) is 13.1. The van der Waals surface area contributed by atoms with E-state index in [0.29, 0.717) is 31.0 Å². The molecule has 2 aliphatic heterocycles. The summed E-state index contributed by atoms with van der Waals surface area (Å²) in [7, 11) is -3.80. The van der Waals surface area contributed by atoms with E-state index in [1.54, 1.807) is 18.2 Å². The summed E-state index contributed by atoms with van der Waals surface area (Å²) >= 11 is 0. The van der Waals surface area contributed by atoms with Crippen LogP contribution in [-0.4, -0.2) is 33.1 Å². The maximum Gasteiger partial charge on any atom is 0.264 e. The molecular formula is C26H31NO5S. The van der Waals surface area contributed by atoms with Crippen molar-refractivity contribution in [3.8, 4) is 5.75 Å². The fraction of sp³-hybridized carbons (Fsp3) is 0.423. The number of amides is 1. The second-order valence-corrected chi connectivity index (χ2v) is 10.4. The van der Waals surface area contributed by atoms with Crippen LogP contribution in [0, 0.1) is 11.8 Å². The van der Waals surface area contributed by atoms with Crippen molar-refractivity contribution in [1.82, 2.24) is 4.72 Å². The van der Waals surface area contributed by atoms with Crippen LogP contribution in [0.5, 0.6) is 5.75 Å². The van der Waals surface area contributed by atoms with Crippen molar-refractivity contribution in [2.45, 2.75) is 55.6 Å². The van der Waals surface area contributed by atoms with Crippen molar-refractivity contribution >= 4 is 15.9 Å². The summed E-state index contributed by atoms with van der Waals surface area (Å²) in [6, 6.07) is 17.8. The molecule has 7 heteroatoms. The fourth-order valence-corrected chi connectivity index (χ4v) is 5.78. The summed E-state index contributed by atoms with van der Waals surface area (Å²) in [5.74, 6) is 1.25. The van der Waals surface area contributed by atoms with Crippen molar-refractivity contribution in [3.05, 3.63) is 72.8 Å². The van der Waals surface area contributed by atoms with Gasteiger partial charge in [-0.1, -0.05) is 48.6 Å². The van der Waals surface area contributed by atoms with Crippen LogP contribution in [0.4, 0.5) is 0 Å². The lowest BCUT2D eigenvalue weighted by Gasteiger charge is -2.27. The Kier molecular flexibility index (Phi) is 7.83. The minimum absolute atomic E-state index is 0.0946. The number of hydrogen-bond donors (Lipinski definition) is 1. The maximum atomic E-state index is 12.2. The highest BCUT2D eigenvalue weighted by molar-refractivity contribution is 7.90. The number of carbonyl (C=O) groups excluding carboxylic acids is 1. The molecule has 4 atom stereocenters. The number of sulfonamides is 1. The molecule has 6 nitrogen and oxygen atoms in total. The van der Waals surface area contributed by atoms with Crippen molar-refractivity contribution in [2.24, 2.45) is 11.8 Å². The van der Waals surface area contributed by atoms with E-state index in [2.05, 4.69) is 16.9 Å². The normalized spacial score (nSPS) is 24.2. The topological polar surface area (TPSA) is 81.7 Å². The third kappa shape index (κ3) is 6.24. The van der Waals surface area contributed by atoms with Crippen LogP contribution in [0.2, 0.25) is 0 Å². The van der Waals surface area contributed by atoms with E-state index < -0.39 is 15.9 Å². The zero-order valence-corrected chi connectivity index (χ0v) is 19.5. The molecule has 0 radical (unpaired) electrons. The summed E-state index contributed by atoms with van der Waals surface area (Å²) in [4.78, 5) is 12.1. The van der Waals surface area contributed by atoms with Gasteiger partial charge in [-0.15, -0.1) is 0 Å². The molecule has 2 heterocycles. The predicted octanol–water partition coefficient (Wildman–Crippen LogP) is 4.48. The second-order valence-electron chi connectivity index (χ2n) is 8.68. The van der Waals surface area contributed by atoms with Gasteiger partial charge in [0.2, 0.25) is 5.91 Å². The summed E-state index contributed by atoms with van der Waals surface area (Å²) < 4.78 is 38.7. The van der Waals surface area contributed by atoms with E-state index in [1.807, 2.05) is 30.3 Å². The second kappa shape index (κ2) is 11.0. The molecule has 2 aromatic rings. The summed E-state index contributed by atoms with van der Waals surface area (Å²) in [5.41, 5.74) is 0. The first-order chi connectivity index (χ1) is 16.0. The first-order valence-electron chi connectivity index (χ1n) is 11.6. The molecule has 4 rings (SSSR count). The van der Waals surface area contributed by atoms with E-state index in [1.165, 1.54) is 12.1 Å². The highest BCUT2D eigenvalue weighted by Crippen LogP contribution is 2.45. The van der Waals surface area contributed by atoms with Crippen LogP contribution in [0.3, 0.4) is 0 Å². The average Bonchev–Trinajstić information content (AvgIpc) is 3.43. The standard InChI is InChI=1S/C26H31NO5S/c28-26(27-33(29,30)21-13-7-4-8-14-21)16-10-2-1-9-15-22-23(25-18-17-24(22)32-25)19-31-20-11-5-3-6-12-20/h1,3-9,11-14,22-25H,2,10,15-19H2,(H,27,28)/b9-1-/t22-,23+,24-,25+/m1/s1. The van der Waals surface area contributed by atoms with Gasteiger partial charge in [0, 0.05) is 12.3 Å². The Hall–Kier alpha value is -2.64. The summed E-state index contributed by atoms with van der Waals surface area (Å²) in [6.45, 7) is 0.666. The quantitative estimate of drug-likeness (QED) is 0.388. The molecule has 0 aromatic heterocycles. The molecule has 176 valence electrons. The molecule has 2 bridgehead atoms. The van der Waals surface area contributed by atoms with Crippen LogP contribution >= 0.6 is 0 Å². The largest absolute Gasteiger partial charge is 0.493 e. The van der Waals surface area contributed by atoms with Gasteiger partial charge in [-0.3, -0.25) is 4.79 Å². The molecule has 0 spiro atoms. The molecule has 1 N–H and O–H groups in total. The van der Waals surface area contributed by atoms with Gasteiger partial charge in [0.15, 0.2) is 0 Å². The lowest BCUT2D eigenvalue weighted by atomic mass is 9.78. The van der Waals surface area contributed by atoms with Crippen LogP contribution in [-0.2, 0) is 19.6 Å². The number of rotatable bonds is 11. The van der Waals surface area contributed by atoms with Crippen LogP contribution in [0.25, 0.3) is 0 Å². The van der Waals surface area contributed by atoms with E-state index in [-0.39, 0.29) is 17.4 Å². The molecule has 2 fully saturated rings. The van der Waals surface area contributed by atoms with Gasteiger partial charge < -0.3 is 9.47 Å². The molecule has 0 saturated carbocycles. The minimum Gasteiger partial charge on any atom is -0.493 e. The number of unbranched alkanes of at least 4 members (excludes halogenated alkanes) is 1. The Balaban J connectivity index is 1.18. The number of benzene rings is 2. The molecular weight excluding hydrogens is 438 g/mol. The van der Waals surface area contributed by atoms with Crippen LogP contribution in [0.1, 0.15) is 38.5 Å². The Morgan fingerprint density at radius 1 is 0.970 bits per heavy atom. The fourth-order valence-electron chi connectivity index (χ4n) is 4.75.